The van der Waals surface area contributed by atoms with E-state index in [2.05, 4.69) is 0 Å². The number of hydrogen-bond donors (Lipinski definition) is 1. The van der Waals surface area contributed by atoms with Crippen molar-refractivity contribution in [3.8, 4) is 0 Å². The number of sulfone groups is 1. The monoisotopic (exact) mass is 164 g/mol. The van der Waals surface area contributed by atoms with Gasteiger partial charge in [-0.3, -0.25) is 0 Å². The van der Waals surface area contributed by atoms with Crippen molar-refractivity contribution in [1.29, 1.82) is 0 Å². The molecular formula is C6H12O3S. The Labute approximate surface area is 61.0 Å². The lowest BCUT2D eigenvalue weighted by Crippen LogP contribution is -2.12. The minimum atomic E-state index is -2.85. The molecular weight excluding hydrogens is 152 g/mol. The maximum Gasteiger partial charge on any atom is 0.153 e. The molecule has 1 rings (SSSR count). The molecule has 60 valence electrons. The van der Waals surface area contributed by atoms with Crippen molar-refractivity contribution < 1.29 is 13.5 Å². The Balaban J connectivity index is 2.55. The Morgan fingerprint density at radius 2 is 2.20 bits per heavy atom. The van der Waals surface area contributed by atoms with E-state index in [1.165, 1.54) is 0 Å². The number of aliphatic hydroxyl groups is 1. The Morgan fingerprint density at radius 1 is 1.60 bits per heavy atom. The molecule has 0 aliphatic heterocycles. The summed E-state index contributed by atoms with van der Waals surface area (Å²) in [4.78, 5) is 0. The SMILES string of the molecule is CCS(=O)(=O)[C@H]1C[C@H]1CO. The molecule has 1 fully saturated rings. The first kappa shape index (κ1) is 8.01. The third kappa shape index (κ3) is 1.32. The van der Waals surface area contributed by atoms with Crippen LogP contribution >= 0.6 is 0 Å². The van der Waals surface area contributed by atoms with Crippen LogP contribution < -0.4 is 0 Å². The molecule has 0 aromatic heterocycles. The van der Waals surface area contributed by atoms with Crippen LogP contribution in [0.25, 0.3) is 0 Å². The van der Waals surface area contributed by atoms with Gasteiger partial charge in [0.1, 0.15) is 0 Å². The van der Waals surface area contributed by atoms with E-state index in [9.17, 15) is 8.42 Å². The van der Waals surface area contributed by atoms with Crippen molar-refractivity contribution in [2.75, 3.05) is 12.4 Å². The largest absolute Gasteiger partial charge is 0.396 e. The molecule has 0 spiro atoms. The van der Waals surface area contributed by atoms with Crippen molar-refractivity contribution in [2.45, 2.75) is 18.6 Å². The summed E-state index contributed by atoms with van der Waals surface area (Å²) in [6.45, 7) is 1.66. The molecule has 1 saturated carbocycles. The van der Waals surface area contributed by atoms with E-state index in [1.54, 1.807) is 6.92 Å². The maximum atomic E-state index is 11.0. The van der Waals surface area contributed by atoms with Crippen LogP contribution in [0.3, 0.4) is 0 Å². The van der Waals surface area contributed by atoms with Crippen LogP contribution in [0.5, 0.6) is 0 Å². The molecule has 1 N–H and O–H groups in total. The fourth-order valence-corrected chi connectivity index (χ4v) is 2.71. The number of rotatable bonds is 3. The highest BCUT2D eigenvalue weighted by Crippen LogP contribution is 2.36. The first-order valence-corrected chi connectivity index (χ1v) is 5.15. The number of hydrogen-bond acceptors (Lipinski definition) is 3. The topological polar surface area (TPSA) is 54.4 Å². The molecule has 0 aromatic carbocycles. The molecule has 0 saturated heterocycles. The normalized spacial score (nSPS) is 32.2. The second kappa shape index (κ2) is 2.51. The van der Waals surface area contributed by atoms with Gasteiger partial charge in [0.25, 0.3) is 0 Å². The zero-order valence-corrected chi connectivity index (χ0v) is 6.76. The summed E-state index contributed by atoms with van der Waals surface area (Å²) in [5.41, 5.74) is 0. The van der Waals surface area contributed by atoms with Crippen molar-refractivity contribution in [2.24, 2.45) is 5.92 Å². The van der Waals surface area contributed by atoms with Crippen LogP contribution in [0, 0.1) is 5.92 Å². The minimum Gasteiger partial charge on any atom is -0.396 e. The predicted octanol–water partition coefficient (Wildman–Crippen LogP) is -0.198. The van der Waals surface area contributed by atoms with E-state index in [1.807, 2.05) is 0 Å². The molecule has 0 amide bonds. The van der Waals surface area contributed by atoms with Crippen molar-refractivity contribution >= 4 is 9.84 Å². The highest BCUT2D eigenvalue weighted by Gasteiger charge is 2.45. The predicted molar refractivity (Wildman–Crippen MR) is 38.4 cm³/mol. The summed E-state index contributed by atoms with van der Waals surface area (Å²) >= 11 is 0. The Hall–Kier alpha value is -0.0900. The molecule has 0 bridgehead atoms. The maximum absolute atomic E-state index is 11.0. The van der Waals surface area contributed by atoms with Crippen molar-refractivity contribution in [1.82, 2.24) is 0 Å². The number of aliphatic hydroxyl groups excluding tert-OH is 1. The van der Waals surface area contributed by atoms with Crippen LogP contribution in [0.2, 0.25) is 0 Å². The highest BCUT2D eigenvalue weighted by molar-refractivity contribution is 7.92. The van der Waals surface area contributed by atoms with Gasteiger partial charge in [0, 0.05) is 12.4 Å². The van der Waals surface area contributed by atoms with Crippen LogP contribution in [0.1, 0.15) is 13.3 Å². The lowest BCUT2D eigenvalue weighted by Gasteiger charge is -1.95. The average Bonchev–Trinajstić information content (AvgIpc) is 2.66. The fourth-order valence-electron chi connectivity index (χ4n) is 1.07. The quantitative estimate of drug-likeness (QED) is 0.628. The van der Waals surface area contributed by atoms with E-state index in [-0.39, 0.29) is 23.5 Å². The molecule has 1 aliphatic carbocycles. The molecule has 0 radical (unpaired) electrons. The summed E-state index contributed by atoms with van der Waals surface area (Å²) < 4.78 is 22.0. The van der Waals surface area contributed by atoms with Crippen molar-refractivity contribution in [3.63, 3.8) is 0 Å². The molecule has 0 heterocycles. The summed E-state index contributed by atoms with van der Waals surface area (Å²) in [7, 11) is -2.85. The van der Waals surface area contributed by atoms with Gasteiger partial charge < -0.3 is 5.11 Å². The highest BCUT2D eigenvalue weighted by atomic mass is 32.2. The Morgan fingerprint density at radius 3 is 2.50 bits per heavy atom. The van der Waals surface area contributed by atoms with Gasteiger partial charge in [-0.25, -0.2) is 8.42 Å². The zero-order chi connectivity index (χ0) is 7.78. The molecule has 4 heteroatoms. The average molecular weight is 164 g/mol. The molecule has 2 atom stereocenters. The summed E-state index contributed by atoms with van der Waals surface area (Å²) in [5.74, 6) is 0.235. The van der Waals surface area contributed by atoms with Crippen LogP contribution in [0.4, 0.5) is 0 Å². The van der Waals surface area contributed by atoms with Gasteiger partial charge in [0.05, 0.1) is 5.25 Å². The van der Waals surface area contributed by atoms with Gasteiger partial charge in [0.2, 0.25) is 0 Å². The van der Waals surface area contributed by atoms with E-state index in [0.29, 0.717) is 6.42 Å². The van der Waals surface area contributed by atoms with E-state index in [0.717, 1.165) is 0 Å². The Bertz CT molecular complexity index is 207. The van der Waals surface area contributed by atoms with E-state index < -0.39 is 9.84 Å². The van der Waals surface area contributed by atoms with Crippen molar-refractivity contribution in [3.05, 3.63) is 0 Å². The second-order valence-corrected chi connectivity index (χ2v) is 5.18. The fraction of sp³-hybridized carbons (Fsp3) is 1.00. The first-order chi connectivity index (χ1) is 4.61. The van der Waals surface area contributed by atoms with Gasteiger partial charge in [-0.15, -0.1) is 0 Å². The molecule has 1 aliphatic rings. The second-order valence-electron chi connectivity index (χ2n) is 2.67. The van der Waals surface area contributed by atoms with Crippen LogP contribution in [0.15, 0.2) is 0 Å². The third-order valence-electron chi connectivity index (χ3n) is 1.96. The van der Waals surface area contributed by atoms with Gasteiger partial charge in [-0.1, -0.05) is 6.92 Å². The zero-order valence-electron chi connectivity index (χ0n) is 5.95. The molecule has 3 nitrogen and oxygen atoms in total. The summed E-state index contributed by atoms with van der Waals surface area (Å²) in [6.07, 6.45) is 0.659. The van der Waals surface area contributed by atoms with E-state index >= 15 is 0 Å². The van der Waals surface area contributed by atoms with Gasteiger partial charge in [-0.05, 0) is 12.3 Å². The van der Waals surface area contributed by atoms with Crippen LogP contribution in [-0.4, -0.2) is 31.1 Å². The third-order valence-corrected chi connectivity index (χ3v) is 4.26. The van der Waals surface area contributed by atoms with Gasteiger partial charge in [-0.2, -0.15) is 0 Å². The Kier molecular flexibility index (Phi) is 2.01. The minimum absolute atomic E-state index is 0.0178. The standard InChI is InChI=1S/C6H12O3S/c1-2-10(8,9)6-3-5(6)4-7/h5-7H,2-4H2,1H3/t5-,6-/m0/s1. The lowest BCUT2D eigenvalue weighted by atomic mass is 10.5. The van der Waals surface area contributed by atoms with E-state index in [4.69, 9.17) is 5.11 Å². The summed E-state index contributed by atoms with van der Waals surface area (Å²) in [6, 6.07) is 0. The van der Waals surface area contributed by atoms with Gasteiger partial charge >= 0.3 is 0 Å². The molecule has 0 aromatic rings. The van der Waals surface area contributed by atoms with Crippen LogP contribution in [-0.2, 0) is 9.84 Å². The lowest BCUT2D eigenvalue weighted by molar-refractivity contribution is 0.277. The first-order valence-electron chi connectivity index (χ1n) is 3.44. The molecule has 10 heavy (non-hydrogen) atoms. The van der Waals surface area contributed by atoms with Gasteiger partial charge in [0.15, 0.2) is 9.84 Å². The molecule has 0 unspecified atom stereocenters. The summed E-state index contributed by atoms with van der Waals surface area (Å²) in [5, 5.41) is 8.34. The smallest absolute Gasteiger partial charge is 0.153 e.